The number of alkyl carbamates (subject to hydrolysis) is 1. The first kappa shape index (κ1) is 16.3. The van der Waals surface area contributed by atoms with Crippen LogP contribution in [0.2, 0.25) is 0 Å². The highest BCUT2D eigenvalue weighted by molar-refractivity contribution is 5.68. The predicted molar refractivity (Wildman–Crippen MR) is 82.7 cm³/mol. The van der Waals surface area contributed by atoms with E-state index in [1.54, 1.807) is 0 Å². The van der Waals surface area contributed by atoms with Crippen LogP contribution in [-0.2, 0) is 11.2 Å². The van der Waals surface area contributed by atoms with Gasteiger partial charge in [-0.1, -0.05) is 35.9 Å². The van der Waals surface area contributed by atoms with Gasteiger partial charge in [0, 0.05) is 6.04 Å². The highest BCUT2D eigenvalue weighted by Crippen LogP contribution is 2.12. The molecule has 0 saturated heterocycles. The number of rotatable bonds is 5. The van der Waals surface area contributed by atoms with Crippen LogP contribution in [0.1, 0.15) is 39.7 Å². The van der Waals surface area contributed by atoms with Gasteiger partial charge in [-0.2, -0.15) is 0 Å². The molecule has 0 aliphatic rings. The van der Waals surface area contributed by atoms with E-state index < -0.39 is 5.60 Å². The Bertz CT molecular complexity index is 446. The van der Waals surface area contributed by atoms with E-state index in [4.69, 9.17) is 4.74 Å². The fourth-order valence-corrected chi connectivity index (χ4v) is 1.97. The molecule has 20 heavy (non-hydrogen) atoms. The lowest BCUT2D eigenvalue weighted by molar-refractivity contribution is 0.0504. The molecule has 110 valence electrons. The van der Waals surface area contributed by atoms with Gasteiger partial charge in [0.25, 0.3) is 0 Å². The number of carbonyl (C=O) groups excluding carboxylic acids is 1. The van der Waals surface area contributed by atoms with Crippen LogP contribution in [0, 0.1) is 0 Å². The molecule has 3 nitrogen and oxygen atoms in total. The summed E-state index contributed by atoms with van der Waals surface area (Å²) >= 11 is 0. The minimum Gasteiger partial charge on any atom is -0.444 e. The summed E-state index contributed by atoms with van der Waals surface area (Å²) in [6.07, 6.45) is 1.14. The lowest BCUT2D eigenvalue weighted by Gasteiger charge is -2.24. The summed E-state index contributed by atoms with van der Waals surface area (Å²) in [5.41, 5.74) is 1.75. The van der Waals surface area contributed by atoms with Crippen LogP contribution >= 0.6 is 0 Å². The topological polar surface area (TPSA) is 38.3 Å². The summed E-state index contributed by atoms with van der Waals surface area (Å²) in [5, 5.41) is 2.93. The molecular weight excluding hydrogens is 250 g/mol. The third kappa shape index (κ3) is 6.98. The zero-order valence-electron chi connectivity index (χ0n) is 12.9. The lowest BCUT2D eigenvalue weighted by Crippen LogP contribution is -2.40. The second-order valence-electron chi connectivity index (χ2n) is 6.19. The smallest absolute Gasteiger partial charge is 0.407 e. The first-order chi connectivity index (χ1) is 9.26. The van der Waals surface area contributed by atoms with Gasteiger partial charge < -0.3 is 10.1 Å². The second kappa shape index (κ2) is 7.13. The van der Waals surface area contributed by atoms with Crippen LogP contribution in [0.15, 0.2) is 42.5 Å². The molecule has 0 spiro atoms. The first-order valence-corrected chi connectivity index (χ1v) is 6.94. The minimum absolute atomic E-state index is 0.00440. The average Bonchev–Trinajstić information content (AvgIpc) is 2.26. The Hall–Kier alpha value is -1.77. The van der Waals surface area contributed by atoms with Crippen molar-refractivity contribution < 1.29 is 9.53 Å². The van der Waals surface area contributed by atoms with Crippen molar-refractivity contribution in [3.8, 4) is 0 Å². The van der Waals surface area contributed by atoms with Crippen LogP contribution in [0.25, 0.3) is 0 Å². The standard InChI is InChI=1S/C17H25NO2/c1-13(2)11-15(12-14-9-7-6-8-10-14)18-16(19)20-17(3,4)5/h6-10,15H,1,11-12H2,2-5H3,(H,18,19)/t15-/m1/s1. The maximum absolute atomic E-state index is 11.9. The quantitative estimate of drug-likeness (QED) is 0.822. The Morgan fingerprint density at radius 2 is 1.90 bits per heavy atom. The maximum Gasteiger partial charge on any atom is 0.407 e. The van der Waals surface area contributed by atoms with E-state index in [1.807, 2.05) is 45.9 Å². The number of carbonyl (C=O) groups is 1. The molecule has 0 unspecified atom stereocenters. The van der Waals surface area contributed by atoms with Gasteiger partial charge in [0.2, 0.25) is 0 Å². The number of benzene rings is 1. The van der Waals surface area contributed by atoms with E-state index in [1.165, 1.54) is 5.56 Å². The van der Waals surface area contributed by atoms with Gasteiger partial charge in [0.1, 0.15) is 5.60 Å². The van der Waals surface area contributed by atoms with Crippen molar-refractivity contribution in [2.45, 2.75) is 52.2 Å². The van der Waals surface area contributed by atoms with Crippen molar-refractivity contribution in [1.29, 1.82) is 0 Å². The van der Waals surface area contributed by atoms with Crippen molar-refractivity contribution in [2.24, 2.45) is 0 Å². The minimum atomic E-state index is -0.482. The van der Waals surface area contributed by atoms with Crippen LogP contribution < -0.4 is 5.32 Å². The Labute approximate surface area is 122 Å². The SMILES string of the molecule is C=C(C)C[C@H](Cc1ccccc1)NC(=O)OC(C)(C)C. The monoisotopic (exact) mass is 275 g/mol. The van der Waals surface area contributed by atoms with Gasteiger partial charge in [-0.3, -0.25) is 0 Å². The number of hydrogen-bond acceptors (Lipinski definition) is 2. The molecule has 1 aromatic carbocycles. The van der Waals surface area contributed by atoms with Crippen molar-refractivity contribution in [3.63, 3.8) is 0 Å². The molecular formula is C17H25NO2. The molecule has 0 radical (unpaired) electrons. The summed E-state index contributed by atoms with van der Waals surface area (Å²) in [4.78, 5) is 11.9. The van der Waals surface area contributed by atoms with Gasteiger partial charge in [0.05, 0.1) is 0 Å². The number of amides is 1. The zero-order valence-corrected chi connectivity index (χ0v) is 12.9. The molecule has 1 aromatic rings. The van der Waals surface area contributed by atoms with E-state index in [0.29, 0.717) is 0 Å². The largest absolute Gasteiger partial charge is 0.444 e. The van der Waals surface area contributed by atoms with E-state index in [0.717, 1.165) is 18.4 Å². The summed E-state index contributed by atoms with van der Waals surface area (Å²) in [6.45, 7) is 11.5. The summed E-state index contributed by atoms with van der Waals surface area (Å²) in [6, 6.07) is 10.1. The fourth-order valence-electron chi connectivity index (χ4n) is 1.97. The van der Waals surface area contributed by atoms with E-state index >= 15 is 0 Å². The number of hydrogen-bond donors (Lipinski definition) is 1. The molecule has 3 heteroatoms. The predicted octanol–water partition coefficient (Wildman–Crippen LogP) is 4.09. The first-order valence-electron chi connectivity index (χ1n) is 6.94. The zero-order chi connectivity index (χ0) is 15.2. The van der Waals surface area contributed by atoms with E-state index in [9.17, 15) is 4.79 Å². The molecule has 0 heterocycles. The normalized spacial score (nSPS) is 12.6. The Morgan fingerprint density at radius 3 is 2.40 bits per heavy atom. The van der Waals surface area contributed by atoms with Crippen molar-refractivity contribution in [1.82, 2.24) is 5.32 Å². The second-order valence-corrected chi connectivity index (χ2v) is 6.19. The molecule has 0 aromatic heterocycles. The Balaban J connectivity index is 2.65. The molecule has 1 N–H and O–H groups in total. The van der Waals surface area contributed by atoms with E-state index in [-0.39, 0.29) is 12.1 Å². The highest BCUT2D eigenvalue weighted by Gasteiger charge is 2.19. The Morgan fingerprint density at radius 1 is 1.30 bits per heavy atom. The van der Waals surface area contributed by atoms with Gasteiger partial charge in [0.15, 0.2) is 0 Å². The van der Waals surface area contributed by atoms with Crippen LogP contribution in [-0.4, -0.2) is 17.7 Å². The van der Waals surface area contributed by atoms with Crippen LogP contribution in [0.4, 0.5) is 4.79 Å². The molecule has 0 aliphatic heterocycles. The Kier molecular flexibility index (Phi) is 5.81. The molecule has 0 aliphatic carbocycles. The third-order valence-electron chi connectivity index (χ3n) is 2.64. The third-order valence-corrected chi connectivity index (χ3v) is 2.64. The molecule has 1 rings (SSSR count). The van der Waals surface area contributed by atoms with Gasteiger partial charge in [-0.05, 0) is 46.1 Å². The van der Waals surface area contributed by atoms with Gasteiger partial charge >= 0.3 is 6.09 Å². The molecule has 0 bridgehead atoms. The summed E-state index contributed by atoms with van der Waals surface area (Å²) < 4.78 is 5.31. The summed E-state index contributed by atoms with van der Waals surface area (Å²) in [5.74, 6) is 0. The number of nitrogens with one attached hydrogen (secondary N) is 1. The average molecular weight is 275 g/mol. The maximum atomic E-state index is 11.9. The molecule has 0 fully saturated rings. The van der Waals surface area contributed by atoms with Crippen LogP contribution in [0.5, 0.6) is 0 Å². The molecule has 1 amide bonds. The lowest BCUT2D eigenvalue weighted by atomic mass is 10.0. The number of ether oxygens (including phenoxy) is 1. The van der Waals surface area contributed by atoms with Gasteiger partial charge in [-0.25, -0.2) is 4.79 Å². The molecule has 1 atom stereocenters. The fraction of sp³-hybridized carbons (Fsp3) is 0.471. The van der Waals surface area contributed by atoms with E-state index in [2.05, 4.69) is 24.0 Å². The summed E-state index contributed by atoms with van der Waals surface area (Å²) in [7, 11) is 0. The van der Waals surface area contributed by atoms with Gasteiger partial charge in [-0.15, -0.1) is 6.58 Å². The van der Waals surface area contributed by atoms with Crippen LogP contribution in [0.3, 0.4) is 0 Å². The van der Waals surface area contributed by atoms with Crippen molar-refractivity contribution >= 4 is 6.09 Å². The highest BCUT2D eigenvalue weighted by atomic mass is 16.6. The van der Waals surface area contributed by atoms with Crippen molar-refractivity contribution in [3.05, 3.63) is 48.0 Å². The molecule has 0 saturated carbocycles. The van der Waals surface area contributed by atoms with Crippen molar-refractivity contribution in [2.75, 3.05) is 0 Å².